The van der Waals surface area contributed by atoms with E-state index < -0.39 is 47.6 Å². The summed E-state index contributed by atoms with van der Waals surface area (Å²) in [5, 5.41) is 5.53. The molecule has 1 fully saturated rings. The number of benzene rings is 1. The number of nitrogens with two attached hydrogens (primary N) is 1. The second-order valence-electron chi connectivity index (χ2n) is 11.7. The van der Waals surface area contributed by atoms with Gasteiger partial charge >= 0.3 is 6.09 Å². The van der Waals surface area contributed by atoms with Crippen LogP contribution in [0.1, 0.15) is 90.0 Å². The van der Waals surface area contributed by atoms with Crippen LogP contribution in [0.4, 0.5) is 4.79 Å². The van der Waals surface area contributed by atoms with Gasteiger partial charge in [-0.15, -0.1) is 0 Å². The second kappa shape index (κ2) is 11.3. The largest absolute Gasteiger partial charge is 0.444 e. The molecule has 1 aliphatic rings. The minimum absolute atomic E-state index is 0.218. The van der Waals surface area contributed by atoms with Gasteiger partial charge in [0.1, 0.15) is 17.7 Å². The number of nitrogens with zero attached hydrogens (tertiary/aromatic N) is 1. The molecule has 2 atom stereocenters. The molecule has 1 aromatic rings. The van der Waals surface area contributed by atoms with Crippen molar-refractivity contribution in [1.29, 1.82) is 0 Å². The molecule has 9 heteroatoms. The number of carbonyl (C=O) groups is 4. The Bertz CT molecular complexity index is 989. The summed E-state index contributed by atoms with van der Waals surface area (Å²) in [6, 6.07) is 3.30. The molecule has 4 N–H and O–H groups in total. The molecule has 2 rings (SSSR count). The van der Waals surface area contributed by atoms with E-state index >= 15 is 0 Å². The number of carbonyl (C=O) groups excluding carboxylic acids is 4. The minimum Gasteiger partial charge on any atom is -0.444 e. The lowest BCUT2D eigenvalue weighted by Crippen LogP contribution is -2.59. The van der Waals surface area contributed by atoms with Crippen LogP contribution in [0.3, 0.4) is 0 Å². The summed E-state index contributed by atoms with van der Waals surface area (Å²) in [7, 11) is 0. The van der Waals surface area contributed by atoms with Crippen LogP contribution in [0.15, 0.2) is 18.2 Å². The summed E-state index contributed by atoms with van der Waals surface area (Å²) in [6.45, 7) is 14.6. The number of nitrogens with one attached hydrogen (secondary N) is 2. The van der Waals surface area contributed by atoms with Gasteiger partial charge in [0.25, 0.3) is 0 Å². The van der Waals surface area contributed by atoms with Gasteiger partial charge in [-0.2, -0.15) is 0 Å². The Kier molecular flexibility index (Phi) is 9.15. The molecule has 1 aliphatic carbocycles. The fourth-order valence-corrected chi connectivity index (χ4v) is 4.20. The molecule has 4 amide bonds. The van der Waals surface area contributed by atoms with Crippen LogP contribution in [0.2, 0.25) is 0 Å². The Morgan fingerprint density at radius 3 is 2.14 bits per heavy atom. The Hall–Kier alpha value is -3.10. The first-order chi connectivity index (χ1) is 16.5. The second-order valence-corrected chi connectivity index (χ2v) is 11.7. The quantitative estimate of drug-likeness (QED) is 0.501. The summed E-state index contributed by atoms with van der Waals surface area (Å²) >= 11 is 0. The van der Waals surface area contributed by atoms with E-state index in [4.69, 9.17) is 10.5 Å². The van der Waals surface area contributed by atoms with Crippen molar-refractivity contribution < 1.29 is 23.9 Å². The van der Waals surface area contributed by atoms with Gasteiger partial charge in [-0.1, -0.05) is 23.8 Å². The molecule has 0 heterocycles. The molecule has 200 valence electrons. The summed E-state index contributed by atoms with van der Waals surface area (Å²) in [5.74, 6) is -1.62. The lowest BCUT2D eigenvalue weighted by molar-refractivity contribution is -0.148. The summed E-state index contributed by atoms with van der Waals surface area (Å²) in [5.41, 5.74) is 6.70. The molecule has 0 spiro atoms. The van der Waals surface area contributed by atoms with Gasteiger partial charge in [0.05, 0.1) is 6.42 Å². The first kappa shape index (κ1) is 29.1. The Morgan fingerprint density at radius 1 is 1.08 bits per heavy atom. The van der Waals surface area contributed by atoms with Gasteiger partial charge in [-0.3, -0.25) is 14.4 Å². The molecule has 9 nitrogen and oxygen atoms in total. The fourth-order valence-electron chi connectivity index (χ4n) is 4.20. The zero-order valence-corrected chi connectivity index (χ0v) is 22.9. The number of hydrogen-bond donors (Lipinski definition) is 3. The standard InChI is InChI=1S/C27H42N4O5/c1-16-12-13-19(17(2)14-16)22(23(33)30-26(3,4)5)31(18-10-9-11-18)24(34)20(15-21(28)32)29-25(35)36-27(6,7)8/h12-14,18,20,22H,9-11,15H2,1-8H3,(H2,28,32)(H,29,35)(H,30,33). The van der Waals surface area contributed by atoms with Gasteiger partial charge < -0.3 is 26.0 Å². The first-order valence-electron chi connectivity index (χ1n) is 12.5. The van der Waals surface area contributed by atoms with Gasteiger partial charge in [0, 0.05) is 11.6 Å². The summed E-state index contributed by atoms with van der Waals surface area (Å²) in [6.07, 6.45) is 1.09. The van der Waals surface area contributed by atoms with E-state index in [1.807, 2.05) is 52.8 Å². The zero-order valence-electron chi connectivity index (χ0n) is 22.9. The summed E-state index contributed by atoms with van der Waals surface area (Å²) < 4.78 is 5.32. The van der Waals surface area contributed by atoms with Crippen molar-refractivity contribution >= 4 is 23.8 Å². The van der Waals surface area contributed by atoms with Crippen LogP contribution in [0, 0.1) is 13.8 Å². The molecule has 2 unspecified atom stereocenters. The van der Waals surface area contributed by atoms with E-state index in [0.29, 0.717) is 18.4 Å². The lowest BCUT2D eigenvalue weighted by atomic mass is 9.86. The highest BCUT2D eigenvalue weighted by Crippen LogP contribution is 2.35. The van der Waals surface area contributed by atoms with E-state index in [-0.39, 0.29) is 11.9 Å². The van der Waals surface area contributed by atoms with Crippen LogP contribution in [-0.4, -0.2) is 51.9 Å². The van der Waals surface area contributed by atoms with Crippen LogP contribution >= 0.6 is 0 Å². The van der Waals surface area contributed by atoms with E-state index in [1.165, 1.54) is 4.90 Å². The number of ether oxygens (including phenoxy) is 1. The maximum absolute atomic E-state index is 14.0. The average Bonchev–Trinajstić information content (AvgIpc) is 2.63. The predicted molar refractivity (Wildman–Crippen MR) is 138 cm³/mol. The molecule has 36 heavy (non-hydrogen) atoms. The van der Waals surface area contributed by atoms with Crippen molar-refractivity contribution in [2.24, 2.45) is 5.73 Å². The molecule has 0 bridgehead atoms. The fraction of sp³-hybridized carbons (Fsp3) is 0.630. The average molecular weight is 503 g/mol. The highest BCUT2D eigenvalue weighted by Gasteiger charge is 2.43. The van der Waals surface area contributed by atoms with Crippen molar-refractivity contribution in [2.45, 2.75) is 110 Å². The van der Waals surface area contributed by atoms with Crippen LogP contribution in [0.5, 0.6) is 0 Å². The first-order valence-corrected chi connectivity index (χ1v) is 12.5. The highest BCUT2D eigenvalue weighted by molar-refractivity contribution is 5.95. The zero-order chi connectivity index (χ0) is 27.4. The van der Waals surface area contributed by atoms with Crippen LogP contribution in [-0.2, 0) is 19.1 Å². The number of hydrogen-bond acceptors (Lipinski definition) is 5. The van der Waals surface area contributed by atoms with E-state index in [9.17, 15) is 19.2 Å². The van der Waals surface area contributed by atoms with E-state index in [2.05, 4.69) is 10.6 Å². The number of primary amides is 1. The third kappa shape index (κ3) is 8.24. The van der Waals surface area contributed by atoms with Crippen molar-refractivity contribution in [3.63, 3.8) is 0 Å². The van der Waals surface area contributed by atoms with Crippen molar-refractivity contribution in [2.75, 3.05) is 0 Å². The molecular formula is C27H42N4O5. The normalized spacial score (nSPS) is 15.8. The Balaban J connectivity index is 2.56. The third-order valence-corrected chi connectivity index (χ3v) is 5.86. The number of rotatable bonds is 8. The van der Waals surface area contributed by atoms with Gasteiger partial charge in [0.15, 0.2) is 0 Å². The van der Waals surface area contributed by atoms with Crippen molar-refractivity contribution in [1.82, 2.24) is 15.5 Å². The predicted octanol–water partition coefficient (Wildman–Crippen LogP) is 3.41. The Morgan fingerprint density at radius 2 is 1.69 bits per heavy atom. The maximum atomic E-state index is 14.0. The molecule has 0 radical (unpaired) electrons. The van der Waals surface area contributed by atoms with Crippen molar-refractivity contribution in [3.05, 3.63) is 34.9 Å². The van der Waals surface area contributed by atoms with Crippen LogP contribution < -0.4 is 16.4 Å². The lowest BCUT2D eigenvalue weighted by Gasteiger charge is -2.44. The molecule has 1 saturated carbocycles. The molecule has 1 aromatic carbocycles. The SMILES string of the molecule is Cc1ccc(C(C(=O)NC(C)(C)C)N(C(=O)C(CC(N)=O)NC(=O)OC(C)(C)C)C2CCC2)c(C)c1. The molecule has 0 aliphatic heterocycles. The third-order valence-electron chi connectivity index (χ3n) is 5.86. The van der Waals surface area contributed by atoms with Gasteiger partial charge in [-0.05, 0) is 85.8 Å². The van der Waals surface area contributed by atoms with Crippen molar-refractivity contribution in [3.8, 4) is 0 Å². The minimum atomic E-state index is -1.27. The maximum Gasteiger partial charge on any atom is 0.408 e. The molecule has 0 aromatic heterocycles. The smallest absolute Gasteiger partial charge is 0.408 e. The Labute approximate surface area is 214 Å². The molecule has 0 saturated heterocycles. The number of aryl methyl sites for hydroxylation is 2. The highest BCUT2D eigenvalue weighted by atomic mass is 16.6. The van der Waals surface area contributed by atoms with Gasteiger partial charge in [0.2, 0.25) is 17.7 Å². The van der Waals surface area contributed by atoms with E-state index in [0.717, 1.165) is 17.5 Å². The number of amides is 4. The topological polar surface area (TPSA) is 131 Å². The molecular weight excluding hydrogens is 460 g/mol. The monoisotopic (exact) mass is 502 g/mol. The van der Waals surface area contributed by atoms with E-state index in [1.54, 1.807) is 20.8 Å². The number of alkyl carbamates (subject to hydrolysis) is 1. The summed E-state index contributed by atoms with van der Waals surface area (Å²) in [4.78, 5) is 53.8. The van der Waals surface area contributed by atoms with Crippen LogP contribution in [0.25, 0.3) is 0 Å². The van der Waals surface area contributed by atoms with Gasteiger partial charge in [-0.25, -0.2) is 4.79 Å².